The van der Waals surface area contributed by atoms with Crippen molar-refractivity contribution in [3.63, 3.8) is 0 Å². The highest BCUT2D eigenvalue weighted by Gasteiger charge is 2.13. The smallest absolute Gasteiger partial charge is 0.0388 e. The van der Waals surface area contributed by atoms with Crippen molar-refractivity contribution >= 4 is 17.1 Å². The summed E-state index contributed by atoms with van der Waals surface area (Å²) in [4.78, 5) is 2.39. The van der Waals surface area contributed by atoms with Gasteiger partial charge in [-0.05, 0) is 48.7 Å². The Hall–Kier alpha value is -2.20. The van der Waals surface area contributed by atoms with Crippen molar-refractivity contribution in [2.75, 3.05) is 48.8 Å². The number of fused-ring (bicyclic) bond motifs is 1. The molecule has 0 unspecified atom stereocenters. The standard InChI is InChI=1S/2C10H14N2.C2H6/c1-11-9-4-2-5-10(8-9)12-6-3-7-12;1-8-2-3-9-7-11-4-5-12-10(9)6-8;1-2/h2,4-5,8,11H,3,6-7H2,1H3;2-3,6,11-12H,4-5,7H2,1H3;1-2H3. The van der Waals surface area contributed by atoms with Crippen molar-refractivity contribution < 1.29 is 0 Å². The van der Waals surface area contributed by atoms with E-state index in [4.69, 9.17) is 0 Å². The molecule has 4 heteroatoms. The van der Waals surface area contributed by atoms with Gasteiger partial charge in [0.05, 0.1) is 0 Å². The van der Waals surface area contributed by atoms with E-state index >= 15 is 0 Å². The molecular formula is C22H34N4. The Kier molecular flexibility index (Phi) is 8.29. The molecule has 2 aliphatic rings. The van der Waals surface area contributed by atoms with Gasteiger partial charge in [-0.25, -0.2) is 0 Å². The summed E-state index contributed by atoms with van der Waals surface area (Å²) < 4.78 is 0. The van der Waals surface area contributed by atoms with Crippen LogP contribution in [0, 0.1) is 6.92 Å². The van der Waals surface area contributed by atoms with Crippen molar-refractivity contribution in [2.24, 2.45) is 0 Å². The maximum Gasteiger partial charge on any atom is 0.0388 e. The largest absolute Gasteiger partial charge is 0.388 e. The number of benzene rings is 2. The Morgan fingerprint density at radius 3 is 2.50 bits per heavy atom. The molecule has 0 atom stereocenters. The summed E-state index contributed by atoms with van der Waals surface area (Å²) in [6.45, 7) is 11.6. The predicted octanol–water partition coefficient (Wildman–Crippen LogP) is 4.47. The normalized spacial score (nSPS) is 14.8. The molecule has 2 heterocycles. The van der Waals surface area contributed by atoms with Crippen LogP contribution >= 0.6 is 0 Å². The van der Waals surface area contributed by atoms with E-state index < -0.39 is 0 Å². The molecule has 2 aliphatic heterocycles. The van der Waals surface area contributed by atoms with Crippen molar-refractivity contribution in [1.29, 1.82) is 0 Å². The summed E-state index contributed by atoms with van der Waals surface area (Å²) in [6.07, 6.45) is 1.34. The van der Waals surface area contributed by atoms with Gasteiger partial charge in [0.15, 0.2) is 0 Å². The first-order valence-electron chi connectivity index (χ1n) is 9.83. The van der Waals surface area contributed by atoms with E-state index in [1.807, 2.05) is 20.9 Å². The number of hydrogen-bond donors (Lipinski definition) is 3. The molecule has 4 nitrogen and oxygen atoms in total. The van der Waals surface area contributed by atoms with Gasteiger partial charge in [0, 0.05) is 56.8 Å². The predicted molar refractivity (Wildman–Crippen MR) is 116 cm³/mol. The first-order chi connectivity index (χ1) is 12.8. The fourth-order valence-electron chi connectivity index (χ4n) is 2.95. The number of aryl methyl sites for hydroxylation is 1. The lowest BCUT2D eigenvalue weighted by molar-refractivity contribution is 0.618. The molecule has 142 valence electrons. The van der Waals surface area contributed by atoms with E-state index in [-0.39, 0.29) is 0 Å². The lowest BCUT2D eigenvalue weighted by Gasteiger charge is -2.33. The third-order valence-electron chi connectivity index (χ3n) is 4.55. The summed E-state index contributed by atoms with van der Waals surface area (Å²) in [5.74, 6) is 0. The van der Waals surface area contributed by atoms with Gasteiger partial charge in [0.1, 0.15) is 0 Å². The fourth-order valence-corrected chi connectivity index (χ4v) is 2.95. The Bertz CT molecular complexity index is 665. The number of nitrogens with one attached hydrogen (secondary N) is 3. The second kappa shape index (κ2) is 10.7. The summed E-state index contributed by atoms with van der Waals surface area (Å²) in [5.41, 5.74) is 6.52. The van der Waals surface area contributed by atoms with Crippen LogP contribution in [-0.4, -0.2) is 33.2 Å². The van der Waals surface area contributed by atoms with Crippen LogP contribution in [0.1, 0.15) is 31.4 Å². The molecule has 4 rings (SSSR count). The second-order valence-corrected chi connectivity index (χ2v) is 6.41. The van der Waals surface area contributed by atoms with E-state index in [9.17, 15) is 0 Å². The van der Waals surface area contributed by atoms with Crippen molar-refractivity contribution in [2.45, 2.75) is 33.7 Å². The van der Waals surface area contributed by atoms with Crippen LogP contribution in [0.25, 0.3) is 0 Å². The van der Waals surface area contributed by atoms with E-state index in [2.05, 4.69) is 70.2 Å². The molecule has 26 heavy (non-hydrogen) atoms. The molecule has 2 aromatic carbocycles. The molecular weight excluding hydrogens is 320 g/mol. The zero-order valence-electron chi connectivity index (χ0n) is 16.7. The SMILES string of the molecule is CC.CNc1cccc(N2CCC2)c1.Cc1ccc2c(c1)NCCNC2. The maximum atomic E-state index is 3.40. The molecule has 1 saturated heterocycles. The van der Waals surface area contributed by atoms with Crippen molar-refractivity contribution in [3.05, 3.63) is 53.6 Å². The molecule has 3 N–H and O–H groups in total. The molecule has 2 aromatic rings. The number of rotatable bonds is 2. The first kappa shape index (κ1) is 20.1. The average molecular weight is 355 g/mol. The average Bonchev–Trinajstić information content (AvgIpc) is 2.87. The highest BCUT2D eigenvalue weighted by atomic mass is 15.2. The number of nitrogens with zero attached hydrogens (tertiary/aromatic N) is 1. The maximum absolute atomic E-state index is 3.40. The Labute approximate surface area is 159 Å². The van der Waals surface area contributed by atoms with Gasteiger partial charge < -0.3 is 20.9 Å². The van der Waals surface area contributed by atoms with E-state index in [1.165, 1.54) is 47.7 Å². The van der Waals surface area contributed by atoms with Crippen LogP contribution in [0.5, 0.6) is 0 Å². The van der Waals surface area contributed by atoms with Crippen molar-refractivity contribution in [1.82, 2.24) is 5.32 Å². The van der Waals surface area contributed by atoms with Crippen molar-refractivity contribution in [3.8, 4) is 0 Å². The summed E-state index contributed by atoms with van der Waals surface area (Å²) >= 11 is 0. The fraction of sp³-hybridized carbons (Fsp3) is 0.455. The van der Waals surface area contributed by atoms with E-state index in [0.717, 1.165) is 19.6 Å². The zero-order valence-corrected chi connectivity index (χ0v) is 16.7. The van der Waals surface area contributed by atoms with E-state index in [0.29, 0.717) is 0 Å². The van der Waals surface area contributed by atoms with Crippen LogP contribution in [0.2, 0.25) is 0 Å². The highest BCUT2D eigenvalue weighted by molar-refractivity contribution is 5.58. The Balaban J connectivity index is 0.000000171. The van der Waals surface area contributed by atoms with Gasteiger partial charge in [0.2, 0.25) is 0 Å². The van der Waals surface area contributed by atoms with Crippen LogP contribution in [-0.2, 0) is 6.54 Å². The summed E-state index contributed by atoms with van der Waals surface area (Å²) in [7, 11) is 1.95. The van der Waals surface area contributed by atoms with Gasteiger partial charge in [-0.2, -0.15) is 0 Å². The minimum atomic E-state index is 0.989. The molecule has 0 aromatic heterocycles. The van der Waals surface area contributed by atoms with Crippen LogP contribution in [0.15, 0.2) is 42.5 Å². The topological polar surface area (TPSA) is 39.3 Å². The first-order valence-corrected chi connectivity index (χ1v) is 9.83. The molecule has 0 radical (unpaired) electrons. The second-order valence-electron chi connectivity index (χ2n) is 6.41. The molecule has 0 aliphatic carbocycles. The number of hydrogen-bond acceptors (Lipinski definition) is 4. The van der Waals surface area contributed by atoms with Crippen LogP contribution in [0.3, 0.4) is 0 Å². The van der Waals surface area contributed by atoms with Crippen LogP contribution < -0.4 is 20.9 Å². The summed E-state index contributed by atoms with van der Waals surface area (Å²) in [5, 5.41) is 9.91. The third-order valence-corrected chi connectivity index (χ3v) is 4.55. The van der Waals surface area contributed by atoms with E-state index in [1.54, 1.807) is 0 Å². The van der Waals surface area contributed by atoms with Crippen LogP contribution in [0.4, 0.5) is 17.1 Å². The van der Waals surface area contributed by atoms with Gasteiger partial charge >= 0.3 is 0 Å². The van der Waals surface area contributed by atoms with Gasteiger partial charge in [-0.15, -0.1) is 0 Å². The zero-order chi connectivity index (χ0) is 18.8. The lowest BCUT2D eigenvalue weighted by Crippen LogP contribution is -2.36. The molecule has 0 spiro atoms. The molecule has 0 saturated carbocycles. The Morgan fingerprint density at radius 2 is 1.81 bits per heavy atom. The molecule has 0 amide bonds. The highest BCUT2D eigenvalue weighted by Crippen LogP contribution is 2.23. The number of anilines is 3. The Morgan fingerprint density at radius 1 is 1.00 bits per heavy atom. The molecule has 1 fully saturated rings. The van der Waals surface area contributed by atoms with Gasteiger partial charge in [0.25, 0.3) is 0 Å². The lowest BCUT2D eigenvalue weighted by atomic mass is 10.1. The minimum Gasteiger partial charge on any atom is -0.388 e. The monoisotopic (exact) mass is 354 g/mol. The quantitative estimate of drug-likeness (QED) is 0.744. The van der Waals surface area contributed by atoms with Gasteiger partial charge in [-0.3, -0.25) is 0 Å². The molecule has 0 bridgehead atoms. The minimum absolute atomic E-state index is 0.989. The summed E-state index contributed by atoms with van der Waals surface area (Å²) in [6, 6.07) is 15.1. The third kappa shape index (κ3) is 5.67. The van der Waals surface area contributed by atoms with Gasteiger partial charge in [-0.1, -0.05) is 32.0 Å².